The average Bonchev–Trinajstić information content (AvgIpc) is 2.34. The largest absolute Gasteiger partial charge is 0.307 e. The van der Waals surface area contributed by atoms with Gasteiger partial charge in [-0.05, 0) is 24.1 Å². The summed E-state index contributed by atoms with van der Waals surface area (Å²) in [5.74, 6) is 0. The molecule has 0 radical (unpaired) electrons. The number of aryl methyl sites for hydroxylation is 1. The number of hydrogen-bond acceptors (Lipinski definition) is 2. The van der Waals surface area contributed by atoms with Gasteiger partial charge >= 0.3 is 0 Å². The quantitative estimate of drug-likeness (QED) is 0.656. The van der Waals surface area contributed by atoms with Gasteiger partial charge in [-0.2, -0.15) is 0 Å². The number of fused-ring (bicyclic) bond motifs is 1. The van der Waals surface area contributed by atoms with E-state index in [2.05, 4.69) is 17.2 Å². The van der Waals surface area contributed by atoms with Crippen molar-refractivity contribution < 1.29 is 0 Å². The van der Waals surface area contributed by atoms with Crippen LogP contribution >= 0.6 is 24.0 Å². The molecule has 0 aromatic carbocycles. The number of hydrogen-bond donors (Lipinski definition) is 1. The number of halogens is 2. The Hall–Kier alpha value is -0.310. The minimum atomic E-state index is 0. The van der Waals surface area contributed by atoms with E-state index in [0.717, 1.165) is 18.8 Å². The zero-order chi connectivity index (χ0) is 7.84. The molecule has 0 saturated carbocycles. The highest BCUT2D eigenvalue weighted by atomic mass is 35.5. The minimum Gasteiger partial charge on any atom is -0.307 e. The molecular formula is C8H10Cl2N2. The summed E-state index contributed by atoms with van der Waals surface area (Å²) in [6.45, 7) is 3.86. The summed E-state index contributed by atoms with van der Waals surface area (Å²) in [6.07, 6.45) is 0. The summed E-state index contributed by atoms with van der Waals surface area (Å²) in [5, 5.41) is 3.84. The van der Waals surface area contributed by atoms with Gasteiger partial charge in [0.05, 0.1) is 5.69 Å². The fourth-order valence-electron chi connectivity index (χ4n) is 1.42. The maximum Gasteiger partial charge on any atom is 0.129 e. The van der Waals surface area contributed by atoms with Crippen LogP contribution in [0.4, 0.5) is 0 Å². The Morgan fingerprint density at radius 3 is 3.00 bits per heavy atom. The Morgan fingerprint density at radius 2 is 2.25 bits per heavy atom. The second-order valence-electron chi connectivity index (χ2n) is 2.79. The second kappa shape index (κ2) is 3.60. The molecule has 0 aliphatic carbocycles. The van der Waals surface area contributed by atoms with Gasteiger partial charge in [0.15, 0.2) is 0 Å². The second-order valence-corrected chi connectivity index (χ2v) is 3.18. The molecule has 0 spiro atoms. The van der Waals surface area contributed by atoms with Gasteiger partial charge < -0.3 is 5.32 Å². The van der Waals surface area contributed by atoms with E-state index in [9.17, 15) is 0 Å². The van der Waals surface area contributed by atoms with Crippen molar-refractivity contribution in [2.24, 2.45) is 0 Å². The first-order valence-electron chi connectivity index (χ1n) is 3.63. The van der Waals surface area contributed by atoms with Crippen LogP contribution in [0.25, 0.3) is 0 Å². The summed E-state index contributed by atoms with van der Waals surface area (Å²) in [6, 6.07) is 1.91. The summed E-state index contributed by atoms with van der Waals surface area (Å²) >= 11 is 5.79. The SMILES string of the molecule is Cc1cc(Cl)nc2c1CNC2.Cl. The van der Waals surface area contributed by atoms with E-state index in [-0.39, 0.29) is 12.4 Å². The van der Waals surface area contributed by atoms with Crippen molar-refractivity contribution in [2.45, 2.75) is 20.0 Å². The van der Waals surface area contributed by atoms with E-state index in [1.807, 2.05) is 6.07 Å². The molecule has 0 amide bonds. The molecule has 1 aliphatic heterocycles. The first-order chi connectivity index (χ1) is 5.27. The fourth-order valence-corrected chi connectivity index (χ4v) is 1.68. The molecule has 0 bridgehead atoms. The van der Waals surface area contributed by atoms with Gasteiger partial charge in [0, 0.05) is 13.1 Å². The zero-order valence-electron chi connectivity index (χ0n) is 6.72. The molecule has 2 rings (SSSR count). The molecule has 1 N–H and O–H groups in total. The molecule has 0 fully saturated rings. The first kappa shape index (κ1) is 9.78. The molecular weight excluding hydrogens is 195 g/mol. The predicted molar refractivity (Wildman–Crippen MR) is 51.8 cm³/mol. The van der Waals surface area contributed by atoms with E-state index in [1.54, 1.807) is 0 Å². The van der Waals surface area contributed by atoms with E-state index in [1.165, 1.54) is 11.1 Å². The molecule has 12 heavy (non-hydrogen) atoms. The van der Waals surface area contributed by atoms with Crippen molar-refractivity contribution in [2.75, 3.05) is 0 Å². The third-order valence-corrected chi connectivity index (χ3v) is 2.19. The van der Waals surface area contributed by atoms with E-state index in [0.29, 0.717) is 5.15 Å². The van der Waals surface area contributed by atoms with Crippen LogP contribution in [0.2, 0.25) is 5.15 Å². The van der Waals surface area contributed by atoms with Crippen molar-refractivity contribution in [3.63, 3.8) is 0 Å². The number of aromatic nitrogens is 1. The molecule has 0 atom stereocenters. The Kier molecular flexibility index (Phi) is 2.94. The normalized spacial score (nSPS) is 13.8. The third kappa shape index (κ3) is 1.56. The highest BCUT2D eigenvalue weighted by Crippen LogP contribution is 2.20. The van der Waals surface area contributed by atoms with Crippen LogP contribution in [0.3, 0.4) is 0 Å². The maximum atomic E-state index is 5.79. The molecule has 4 heteroatoms. The lowest BCUT2D eigenvalue weighted by atomic mass is 10.1. The van der Waals surface area contributed by atoms with Crippen LogP contribution < -0.4 is 5.32 Å². The van der Waals surface area contributed by atoms with Gasteiger partial charge in [0.2, 0.25) is 0 Å². The van der Waals surface area contributed by atoms with Crippen LogP contribution in [0, 0.1) is 6.92 Å². The maximum absolute atomic E-state index is 5.79. The summed E-state index contributed by atoms with van der Waals surface area (Å²) in [4.78, 5) is 4.22. The van der Waals surface area contributed by atoms with Gasteiger partial charge in [-0.15, -0.1) is 12.4 Å². The Balaban J connectivity index is 0.000000720. The Bertz CT molecular complexity index is 299. The highest BCUT2D eigenvalue weighted by Gasteiger charge is 2.13. The van der Waals surface area contributed by atoms with E-state index in [4.69, 9.17) is 11.6 Å². The number of pyridine rings is 1. The Labute approximate surface area is 82.7 Å². The molecule has 1 aromatic heterocycles. The lowest BCUT2D eigenvalue weighted by Gasteiger charge is -2.01. The van der Waals surface area contributed by atoms with Crippen LogP contribution in [-0.4, -0.2) is 4.98 Å². The number of rotatable bonds is 0. The molecule has 66 valence electrons. The Morgan fingerprint density at radius 1 is 1.50 bits per heavy atom. The van der Waals surface area contributed by atoms with Crippen molar-refractivity contribution >= 4 is 24.0 Å². The van der Waals surface area contributed by atoms with Crippen LogP contribution in [0.5, 0.6) is 0 Å². The lowest BCUT2D eigenvalue weighted by molar-refractivity contribution is 0.757. The number of nitrogens with zero attached hydrogens (tertiary/aromatic N) is 1. The van der Waals surface area contributed by atoms with Crippen LogP contribution in [0.15, 0.2) is 6.07 Å². The van der Waals surface area contributed by atoms with Crippen molar-refractivity contribution in [1.29, 1.82) is 0 Å². The topological polar surface area (TPSA) is 24.9 Å². The monoisotopic (exact) mass is 204 g/mol. The molecule has 0 unspecified atom stereocenters. The smallest absolute Gasteiger partial charge is 0.129 e. The first-order valence-corrected chi connectivity index (χ1v) is 4.01. The molecule has 2 nitrogen and oxygen atoms in total. The van der Waals surface area contributed by atoms with Crippen LogP contribution in [-0.2, 0) is 13.1 Å². The molecule has 2 heterocycles. The fraction of sp³-hybridized carbons (Fsp3) is 0.375. The molecule has 0 saturated heterocycles. The van der Waals surface area contributed by atoms with Gasteiger partial charge in [0.1, 0.15) is 5.15 Å². The van der Waals surface area contributed by atoms with Crippen LogP contribution in [0.1, 0.15) is 16.8 Å². The predicted octanol–water partition coefficient (Wildman–Crippen LogP) is 2.07. The van der Waals surface area contributed by atoms with Crippen molar-refractivity contribution in [3.05, 3.63) is 28.0 Å². The highest BCUT2D eigenvalue weighted by molar-refractivity contribution is 6.29. The van der Waals surface area contributed by atoms with Gasteiger partial charge in [-0.25, -0.2) is 4.98 Å². The standard InChI is InChI=1S/C8H9ClN2.ClH/c1-5-2-8(9)11-7-4-10-3-6(5)7;/h2,10H,3-4H2,1H3;1H. The van der Waals surface area contributed by atoms with Crippen molar-refractivity contribution in [1.82, 2.24) is 10.3 Å². The molecule has 1 aromatic rings. The average molecular weight is 205 g/mol. The third-order valence-electron chi connectivity index (χ3n) is 2.00. The van der Waals surface area contributed by atoms with E-state index >= 15 is 0 Å². The van der Waals surface area contributed by atoms with Gasteiger partial charge in [-0.1, -0.05) is 11.6 Å². The summed E-state index contributed by atoms with van der Waals surface area (Å²) < 4.78 is 0. The summed E-state index contributed by atoms with van der Waals surface area (Å²) in [7, 11) is 0. The number of nitrogens with one attached hydrogen (secondary N) is 1. The molecule has 1 aliphatic rings. The van der Waals surface area contributed by atoms with Crippen molar-refractivity contribution in [3.8, 4) is 0 Å². The lowest BCUT2D eigenvalue weighted by Crippen LogP contribution is -2.00. The van der Waals surface area contributed by atoms with Gasteiger partial charge in [0.25, 0.3) is 0 Å². The zero-order valence-corrected chi connectivity index (χ0v) is 8.30. The van der Waals surface area contributed by atoms with E-state index < -0.39 is 0 Å². The van der Waals surface area contributed by atoms with Gasteiger partial charge in [-0.3, -0.25) is 0 Å². The summed E-state index contributed by atoms with van der Waals surface area (Å²) in [5.41, 5.74) is 3.66. The minimum absolute atomic E-state index is 0.